The number of nitrogens with zero attached hydrogens (tertiary/aromatic N) is 4. The lowest BCUT2D eigenvalue weighted by molar-refractivity contribution is -0.120. The van der Waals surface area contributed by atoms with E-state index >= 15 is 0 Å². The van der Waals surface area contributed by atoms with Crippen molar-refractivity contribution in [2.24, 2.45) is 0 Å². The van der Waals surface area contributed by atoms with Gasteiger partial charge in [-0.1, -0.05) is 18.2 Å². The predicted octanol–water partition coefficient (Wildman–Crippen LogP) is 5.57. The summed E-state index contributed by atoms with van der Waals surface area (Å²) in [5.74, 6) is 0.486. The predicted molar refractivity (Wildman–Crippen MR) is 121 cm³/mol. The molecular weight excluding hydrogens is 405 g/mol. The Labute approximate surface area is 185 Å². The van der Waals surface area contributed by atoms with Crippen molar-refractivity contribution >= 4 is 17.4 Å². The molecule has 0 spiro atoms. The first kappa shape index (κ1) is 20.1. The Morgan fingerprint density at radius 2 is 1.69 bits per heavy atom. The Kier molecular flexibility index (Phi) is 5.46. The van der Waals surface area contributed by atoms with Crippen molar-refractivity contribution in [1.82, 2.24) is 19.5 Å². The van der Waals surface area contributed by atoms with Gasteiger partial charge in [0.25, 0.3) is 0 Å². The summed E-state index contributed by atoms with van der Waals surface area (Å²) in [5, 5.41) is 3.23. The molecule has 32 heavy (non-hydrogen) atoms. The number of para-hydroxylation sites is 1. The fourth-order valence-electron chi connectivity index (χ4n) is 4.11. The molecule has 0 saturated heterocycles. The van der Waals surface area contributed by atoms with E-state index in [-0.39, 0.29) is 11.9 Å². The lowest BCUT2D eigenvalue weighted by Crippen LogP contribution is -2.18. The molecule has 1 N–H and O–H groups in total. The highest BCUT2D eigenvalue weighted by atomic mass is 19.1. The van der Waals surface area contributed by atoms with Crippen molar-refractivity contribution in [3.63, 3.8) is 0 Å². The first-order chi connectivity index (χ1) is 15.7. The SMILES string of the molecule is O=C1CCC(n2cnc(-c3ccc(F)cc3)c2-c2ccnc(Nc3ccccc3)n2)CC1. The molecule has 6 nitrogen and oxygen atoms in total. The molecule has 1 fully saturated rings. The molecule has 1 aliphatic carbocycles. The standard InChI is InChI=1S/C25H22FN5O/c26-18-8-6-17(7-9-18)23-24(31(16-28-23)20-10-12-21(32)13-11-20)22-14-15-27-25(30-22)29-19-4-2-1-3-5-19/h1-9,14-16,20H,10-13H2,(H,27,29,30). The molecule has 5 rings (SSSR count). The maximum Gasteiger partial charge on any atom is 0.227 e. The van der Waals surface area contributed by atoms with Crippen LogP contribution in [0.1, 0.15) is 31.7 Å². The second-order valence-electron chi connectivity index (χ2n) is 7.88. The number of halogens is 1. The van der Waals surface area contributed by atoms with Gasteiger partial charge < -0.3 is 9.88 Å². The van der Waals surface area contributed by atoms with Gasteiger partial charge in [-0.3, -0.25) is 4.79 Å². The summed E-state index contributed by atoms with van der Waals surface area (Å²) in [5.41, 5.74) is 3.99. The van der Waals surface area contributed by atoms with Gasteiger partial charge in [-0.05, 0) is 55.3 Å². The first-order valence-corrected chi connectivity index (χ1v) is 10.7. The van der Waals surface area contributed by atoms with Gasteiger partial charge in [-0.25, -0.2) is 19.3 Å². The number of rotatable bonds is 5. The summed E-state index contributed by atoms with van der Waals surface area (Å²) in [7, 11) is 0. The van der Waals surface area contributed by atoms with Gasteiger partial charge in [-0.15, -0.1) is 0 Å². The number of hydrogen-bond acceptors (Lipinski definition) is 5. The van der Waals surface area contributed by atoms with Crippen LogP contribution in [0.2, 0.25) is 0 Å². The van der Waals surface area contributed by atoms with Crippen LogP contribution in [-0.2, 0) is 4.79 Å². The van der Waals surface area contributed by atoms with E-state index in [1.165, 1.54) is 12.1 Å². The molecule has 2 aromatic heterocycles. The Balaban J connectivity index is 1.58. The van der Waals surface area contributed by atoms with Crippen LogP contribution in [0.15, 0.2) is 73.2 Å². The second kappa shape index (κ2) is 8.70. The monoisotopic (exact) mass is 427 g/mol. The van der Waals surface area contributed by atoms with E-state index in [9.17, 15) is 9.18 Å². The molecule has 7 heteroatoms. The minimum atomic E-state index is -0.295. The number of anilines is 2. The van der Waals surface area contributed by atoms with E-state index in [0.717, 1.165) is 35.5 Å². The lowest BCUT2D eigenvalue weighted by atomic mass is 9.93. The van der Waals surface area contributed by atoms with Crippen molar-refractivity contribution in [2.75, 3.05) is 5.32 Å². The van der Waals surface area contributed by atoms with E-state index in [4.69, 9.17) is 4.98 Å². The molecule has 2 heterocycles. The third kappa shape index (κ3) is 4.14. The number of imidazole rings is 1. The number of carbonyl (C=O) groups excluding carboxylic acids is 1. The van der Waals surface area contributed by atoms with Crippen molar-refractivity contribution in [1.29, 1.82) is 0 Å². The van der Waals surface area contributed by atoms with Gasteiger partial charge in [0.2, 0.25) is 5.95 Å². The highest BCUT2D eigenvalue weighted by Gasteiger charge is 2.25. The molecule has 4 aromatic rings. The fraction of sp³-hybridized carbons (Fsp3) is 0.200. The van der Waals surface area contributed by atoms with Crippen LogP contribution >= 0.6 is 0 Å². The normalized spacial score (nSPS) is 14.5. The van der Waals surface area contributed by atoms with Gasteiger partial charge in [0.15, 0.2) is 0 Å². The Morgan fingerprint density at radius 1 is 0.938 bits per heavy atom. The van der Waals surface area contributed by atoms with Gasteiger partial charge in [0.1, 0.15) is 11.6 Å². The number of carbonyl (C=O) groups is 1. The second-order valence-corrected chi connectivity index (χ2v) is 7.88. The molecule has 0 bridgehead atoms. The third-order valence-electron chi connectivity index (χ3n) is 5.75. The van der Waals surface area contributed by atoms with E-state index < -0.39 is 0 Å². The highest BCUT2D eigenvalue weighted by molar-refractivity contribution is 5.80. The van der Waals surface area contributed by atoms with Crippen molar-refractivity contribution in [3.05, 3.63) is 79.0 Å². The molecule has 0 aliphatic heterocycles. The molecule has 0 radical (unpaired) electrons. The van der Waals surface area contributed by atoms with Crippen LogP contribution in [0.3, 0.4) is 0 Å². The third-order valence-corrected chi connectivity index (χ3v) is 5.75. The minimum absolute atomic E-state index is 0.157. The maximum atomic E-state index is 13.5. The Morgan fingerprint density at radius 3 is 2.44 bits per heavy atom. The van der Waals surface area contributed by atoms with Crippen LogP contribution in [0, 0.1) is 5.82 Å². The van der Waals surface area contributed by atoms with E-state index in [2.05, 4.69) is 19.9 Å². The first-order valence-electron chi connectivity index (χ1n) is 10.7. The Hall–Kier alpha value is -3.87. The van der Waals surface area contributed by atoms with Gasteiger partial charge in [0, 0.05) is 36.3 Å². The van der Waals surface area contributed by atoms with Crippen molar-refractivity contribution in [2.45, 2.75) is 31.7 Å². The summed E-state index contributed by atoms with van der Waals surface area (Å²) >= 11 is 0. The number of hydrogen-bond donors (Lipinski definition) is 1. The average Bonchev–Trinajstić information content (AvgIpc) is 3.26. The quantitative estimate of drug-likeness (QED) is 0.450. The molecule has 160 valence electrons. The molecule has 0 unspecified atom stereocenters. The van der Waals surface area contributed by atoms with E-state index in [0.29, 0.717) is 30.3 Å². The van der Waals surface area contributed by atoms with E-state index in [1.807, 2.05) is 36.4 Å². The number of nitrogens with one attached hydrogen (secondary N) is 1. The molecular formula is C25H22FN5O. The number of aromatic nitrogens is 4. The minimum Gasteiger partial charge on any atom is -0.326 e. The average molecular weight is 427 g/mol. The zero-order chi connectivity index (χ0) is 21.9. The molecule has 1 aliphatic rings. The van der Waals surface area contributed by atoms with Crippen LogP contribution in [0.4, 0.5) is 16.0 Å². The molecule has 0 atom stereocenters. The van der Waals surface area contributed by atoms with Gasteiger partial charge in [0.05, 0.1) is 23.4 Å². The highest BCUT2D eigenvalue weighted by Crippen LogP contribution is 2.36. The van der Waals surface area contributed by atoms with Crippen LogP contribution in [-0.4, -0.2) is 25.3 Å². The van der Waals surface area contributed by atoms with Crippen molar-refractivity contribution in [3.8, 4) is 22.6 Å². The number of ketones is 1. The Bertz CT molecular complexity index is 1230. The van der Waals surface area contributed by atoms with Crippen LogP contribution in [0.5, 0.6) is 0 Å². The van der Waals surface area contributed by atoms with Crippen LogP contribution < -0.4 is 5.32 Å². The summed E-state index contributed by atoms with van der Waals surface area (Å²) < 4.78 is 15.6. The lowest BCUT2D eigenvalue weighted by Gasteiger charge is -2.24. The zero-order valence-corrected chi connectivity index (χ0v) is 17.4. The summed E-state index contributed by atoms with van der Waals surface area (Å²) in [6, 6.07) is 18.0. The fourth-order valence-corrected chi connectivity index (χ4v) is 4.11. The molecule has 0 amide bonds. The number of benzene rings is 2. The summed E-state index contributed by atoms with van der Waals surface area (Å²) in [6.45, 7) is 0. The summed E-state index contributed by atoms with van der Waals surface area (Å²) in [6.07, 6.45) is 6.19. The topological polar surface area (TPSA) is 72.7 Å². The van der Waals surface area contributed by atoms with Crippen molar-refractivity contribution < 1.29 is 9.18 Å². The zero-order valence-electron chi connectivity index (χ0n) is 17.4. The molecule has 1 saturated carbocycles. The molecule has 2 aromatic carbocycles. The number of Topliss-reactive ketones (excluding diaryl/α,β-unsaturated/α-hetero) is 1. The van der Waals surface area contributed by atoms with Gasteiger partial charge in [-0.2, -0.15) is 0 Å². The van der Waals surface area contributed by atoms with Gasteiger partial charge >= 0.3 is 0 Å². The van der Waals surface area contributed by atoms with Crippen LogP contribution in [0.25, 0.3) is 22.6 Å². The largest absolute Gasteiger partial charge is 0.326 e. The maximum absolute atomic E-state index is 13.5. The smallest absolute Gasteiger partial charge is 0.227 e. The summed E-state index contributed by atoms with van der Waals surface area (Å²) in [4.78, 5) is 25.6. The van der Waals surface area contributed by atoms with E-state index in [1.54, 1.807) is 24.7 Å².